The van der Waals surface area contributed by atoms with Gasteiger partial charge in [-0.25, -0.2) is 0 Å². The predicted molar refractivity (Wildman–Crippen MR) is 67.9 cm³/mol. The molecule has 0 amide bonds. The van der Waals surface area contributed by atoms with Crippen LogP contribution in [0.1, 0.15) is 29.3 Å². The molecule has 102 valence electrons. The maximum Gasteiger partial charge on any atom is 0.310 e. The van der Waals surface area contributed by atoms with E-state index in [-0.39, 0.29) is 12.2 Å². The van der Waals surface area contributed by atoms with Crippen LogP contribution in [0.4, 0.5) is 0 Å². The van der Waals surface area contributed by atoms with Crippen LogP contribution in [0.2, 0.25) is 0 Å². The third-order valence-corrected chi connectivity index (χ3v) is 3.56. The monoisotopic (exact) mass is 264 g/mol. The molecule has 1 N–H and O–H groups in total. The van der Waals surface area contributed by atoms with Gasteiger partial charge in [-0.15, -0.1) is 0 Å². The summed E-state index contributed by atoms with van der Waals surface area (Å²) in [6, 6.07) is 3.31. The van der Waals surface area contributed by atoms with Crippen molar-refractivity contribution in [2.75, 3.05) is 14.2 Å². The number of ether oxygens (including phenoxy) is 2. The first-order valence-electron chi connectivity index (χ1n) is 5.93. The standard InChI is InChI=1S/C14H16O5/c1-14(13(16)17)6-8-4-11(18-2)12(19-3)5-9(8)10(15)7-14/h4-5H,6-7H2,1-3H3,(H,16,17)/t14-/m1/s1. The molecule has 0 unspecified atom stereocenters. The molecule has 0 aliphatic heterocycles. The first-order valence-corrected chi connectivity index (χ1v) is 5.93. The highest BCUT2D eigenvalue weighted by molar-refractivity contribution is 6.02. The molecular weight excluding hydrogens is 248 g/mol. The lowest BCUT2D eigenvalue weighted by molar-refractivity contribution is -0.147. The minimum atomic E-state index is -1.05. The third kappa shape index (κ3) is 2.16. The molecule has 1 aromatic rings. The summed E-state index contributed by atoms with van der Waals surface area (Å²) in [4.78, 5) is 23.4. The Morgan fingerprint density at radius 2 is 1.79 bits per heavy atom. The lowest BCUT2D eigenvalue weighted by Crippen LogP contribution is -2.36. The highest BCUT2D eigenvalue weighted by Gasteiger charge is 2.41. The molecule has 0 radical (unpaired) electrons. The summed E-state index contributed by atoms with van der Waals surface area (Å²) in [6.07, 6.45) is 0.314. The summed E-state index contributed by atoms with van der Waals surface area (Å²) >= 11 is 0. The van der Waals surface area contributed by atoms with Gasteiger partial charge in [-0.05, 0) is 31.0 Å². The van der Waals surface area contributed by atoms with E-state index in [1.54, 1.807) is 19.1 Å². The highest BCUT2D eigenvalue weighted by atomic mass is 16.5. The van der Waals surface area contributed by atoms with Gasteiger partial charge >= 0.3 is 5.97 Å². The number of fused-ring (bicyclic) bond motifs is 1. The Hall–Kier alpha value is -2.04. The molecule has 1 aliphatic rings. The van der Waals surface area contributed by atoms with E-state index in [0.29, 0.717) is 29.0 Å². The van der Waals surface area contributed by atoms with E-state index in [0.717, 1.165) is 0 Å². The number of carboxylic acids is 1. The SMILES string of the molecule is COc1cc2c(cc1OC)C(=O)C[C@](C)(C(=O)O)C2. The molecule has 1 aliphatic carbocycles. The summed E-state index contributed by atoms with van der Waals surface area (Å²) in [5.74, 6) is -0.148. The van der Waals surface area contributed by atoms with Gasteiger partial charge in [-0.1, -0.05) is 0 Å². The Morgan fingerprint density at radius 1 is 1.21 bits per heavy atom. The molecule has 0 spiro atoms. The number of methoxy groups -OCH3 is 2. The number of Topliss-reactive ketones (excluding diaryl/α,β-unsaturated/α-hetero) is 1. The van der Waals surface area contributed by atoms with E-state index in [9.17, 15) is 14.7 Å². The predicted octanol–water partition coefficient (Wildman–Crippen LogP) is 1.92. The number of ketones is 1. The third-order valence-electron chi connectivity index (χ3n) is 3.56. The zero-order chi connectivity index (χ0) is 14.2. The van der Waals surface area contributed by atoms with Crippen molar-refractivity contribution in [1.29, 1.82) is 0 Å². The van der Waals surface area contributed by atoms with Crippen molar-refractivity contribution < 1.29 is 24.2 Å². The Bertz CT molecular complexity index is 549. The molecule has 0 aromatic heterocycles. The Balaban J connectivity index is 2.53. The summed E-state index contributed by atoms with van der Waals surface area (Å²) in [5, 5.41) is 9.26. The van der Waals surface area contributed by atoms with Gasteiger partial charge in [-0.3, -0.25) is 9.59 Å². The van der Waals surface area contributed by atoms with E-state index in [1.807, 2.05) is 0 Å². The fraction of sp³-hybridized carbons (Fsp3) is 0.429. The van der Waals surface area contributed by atoms with Gasteiger partial charge in [0.25, 0.3) is 0 Å². The number of benzene rings is 1. The summed E-state index contributed by atoms with van der Waals surface area (Å²) < 4.78 is 10.3. The van der Waals surface area contributed by atoms with Crippen molar-refractivity contribution in [3.05, 3.63) is 23.3 Å². The maximum absolute atomic E-state index is 12.1. The van der Waals surface area contributed by atoms with Crippen molar-refractivity contribution in [1.82, 2.24) is 0 Å². The molecule has 0 heterocycles. The second kappa shape index (κ2) is 4.57. The molecule has 19 heavy (non-hydrogen) atoms. The number of aliphatic carboxylic acids is 1. The minimum absolute atomic E-state index is 0.00478. The number of hydrogen-bond acceptors (Lipinski definition) is 4. The van der Waals surface area contributed by atoms with Crippen LogP contribution in [0, 0.1) is 5.41 Å². The fourth-order valence-corrected chi connectivity index (χ4v) is 2.41. The van der Waals surface area contributed by atoms with Crippen molar-refractivity contribution in [2.45, 2.75) is 19.8 Å². The maximum atomic E-state index is 12.1. The second-order valence-electron chi connectivity index (χ2n) is 5.01. The topological polar surface area (TPSA) is 72.8 Å². The smallest absolute Gasteiger partial charge is 0.310 e. The minimum Gasteiger partial charge on any atom is -0.493 e. The van der Waals surface area contributed by atoms with Crippen LogP contribution in [0.25, 0.3) is 0 Å². The first-order chi connectivity index (χ1) is 8.91. The average Bonchev–Trinajstić information content (AvgIpc) is 2.37. The van der Waals surface area contributed by atoms with Crippen LogP contribution in [0.3, 0.4) is 0 Å². The number of rotatable bonds is 3. The normalized spacial score (nSPS) is 21.7. The Kier molecular flexibility index (Phi) is 3.22. The molecule has 1 atom stereocenters. The molecule has 0 saturated heterocycles. The number of carbonyl (C=O) groups excluding carboxylic acids is 1. The van der Waals surface area contributed by atoms with Crippen molar-refractivity contribution in [2.24, 2.45) is 5.41 Å². The highest BCUT2D eigenvalue weighted by Crippen LogP contribution is 2.40. The Labute approximate surface area is 111 Å². The molecule has 5 nitrogen and oxygen atoms in total. The van der Waals surface area contributed by atoms with Crippen LogP contribution >= 0.6 is 0 Å². The number of carbonyl (C=O) groups is 2. The molecular formula is C14H16O5. The van der Waals surface area contributed by atoms with E-state index in [4.69, 9.17) is 9.47 Å². The van der Waals surface area contributed by atoms with E-state index >= 15 is 0 Å². The Morgan fingerprint density at radius 3 is 2.32 bits per heavy atom. The summed E-state index contributed by atoms with van der Waals surface area (Å²) in [5.41, 5.74) is 0.166. The van der Waals surface area contributed by atoms with Crippen LogP contribution < -0.4 is 9.47 Å². The van der Waals surface area contributed by atoms with Crippen LogP contribution in [0.5, 0.6) is 11.5 Å². The van der Waals surface area contributed by atoms with Crippen molar-refractivity contribution >= 4 is 11.8 Å². The lowest BCUT2D eigenvalue weighted by atomic mass is 9.72. The van der Waals surface area contributed by atoms with Gasteiger partial charge in [0.05, 0.1) is 19.6 Å². The van der Waals surface area contributed by atoms with E-state index in [1.165, 1.54) is 14.2 Å². The van der Waals surface area contributed by atoms with Crippen LogP contribution in [-0.2, 0) is 11.2 Å². The summed E-state index contributed by atoms with van der Waals surface area (Å²) in [6.45, 7) is 1.59. The van der Waals surface area contributed by atoms with Crippen molar-refractivity contribution in [3.63, 3.8) is 0 Å². The zero-order valence-corrected chi connectivity index (χ0v) is 11.1. The van der Waals surface area contributed by atoms with Gasteiger partial charge in [0, 0.05) is 12.0 Å². The first kappa shape index (κ1) is 13.4. The second-order valence-corrected chi connectivity index (χ2v) is 5.01. The van der Waals surface area contributed by atoms with Gasteiger partial charge in [0.1, 0.15) is 0 Å². The average molecular weight is 264 g/mol. The van der Waals surface area contributed by atoms with Crippen molar-refractivity contribution in [3.8, 4) is 11.5 Å². The van der Waals surface area contributed by atoms with Crippen LogP contribution in [0.15, 0.2) is 12.1 Å². The largest absolute Gasteiger partial charge is 0.493 e. The molecule has 5 heteroatoms. The van der Waals surface area contributed by atoms with Gasteiger partial charge in [-0.2, -0.15) is 0 Å². The van der Waals surface area contributed by atoms with E-state index in [2.05, 4.69) is 0 Å². The van der Waals surface area contributed by atoms with Gasteiger partial charge in [0.2, 0.25) is 0 Å². The lowest BCUT2D eigenvalue weighted by Gasteiger charge is -2.30. The number of carboxylic acid groups (broad SMARTS) is 1. The number of hydrogen-bond donors (Lipinski definition) is 1. The molecule has 0 fully saturated rings. The zero-order valence-electron chi connectivity index (χ0n) is 11.1. The quantitative estimate of drug-likeness (QED) is 0.903. The fourth-order valence-electron chi connectivity index (χ4n) is 2.41. The van der Waals surface area contributed by atoms with Crippen LogP contribution in [-0.4, -0.2) is 31.1 Å². The molecule has 2 rings (SSSR count). The molecule has 0 saturated carbocycles. The van der Waals surface area contributed by atoms with E-state index < -0.39 is 11.4 Å². The van der Waals surface area contributed by atoms with Gasteiger partial charge < -0.3 is 14.6 Å². The molecule has 0 bridgehead atoms. The molecule has 1 aromatic carbocycles. The summed E-state index contributed by atoms with van der Waals surface area (Å²) in [7, 11) is 3.00. The van der Waals surface area contributed by atoms with Gasteiger partial charge in [0.15, 0.2) is 17.3 Å².